The van der Waals surface area contributed by atoms with Gasteiger partial charge in [0.1, 0.15) is 5.82 Å². The molecule has 0 radical (unpaired) electrons. The molecule has 3 heterocycles. The number of hydrogen-bond acceptors (Lipinski definition) is 3. The third-order valence-corrected chi connectivity index (χ3v) is 8.57. The van der Waals surface area contributed by atoms with Gasteiger partial charge in [0.2, 0.25) is 0 Å². The van der Waals surface area contributed by atoms with Crippen molar-refractivity contribution >= 4 is 11.0 Å². The fourth-order valence-corrected chi connectivity index (χ4v) is 5.58. The van der Waals surface area contributed by atoms with E-state index in [1.54, 1.807) is 0 Å². The van der Waals surface area contributed by atoms with Crippen molar-refractivity contribution < 1.29 is 4.21 Å². The molecule has 0 aliphatic rings. The van der Waals surface area contributed by atoms with Crippen LogP contribution in [-0.2, 0) is 30.2 Å². The maximum Gasteiger partial charge on any atom is 0.137 e. The van der Waals surface area contributed by atoms with Crippen LogP contribution in [0.15, 0.2) is 66.9 Å². The number of hydrogen-bond donors (Lipinski definition) is 1. The van der Waals surface area contributed by atoms with Gasteiger partial charge in [0, 0.05) is 29.0 Å². The van der Waals surface area contributed by atoms with E-state index in [0.29, 0.717) is 6.42 Å². The van der Waals surface area contributed by atoms with Gasteiger partial charge >= 0.3 is 0 Å². The molecule has 2 atom stereocenters. The summed E-state index contributed by atoms with van der Waals surface area (Å²) in [6.07, 6.45) is 5.14. The lowest BCUT2D eigenvalue weighted by molar-refractivity contribution is 0.511. The Hall–Kier alpha value is -3.09. The standard InChI is InChI=1S/C32H40N4OS/c1-22-14-15-34-29(16-22)13-12-26-8-7-9-27(19-26)28(21-32(5,6)38(33)37)20-30-17-23(2)18-31(35-30)36-24(3)10-11-25(36)4/h7-11,14-19,28H,12-13,20-21,33H2,1-6H3/t28-,38?/m0/s1. The highest BCUT2D eigenvalue weighted by atomic mass is 32.2. The van der Waals surface area contributed by atoms with Crippen LogP contribution < -0.4 is 5.14 Å². The summed E-state index contributed by atoms with van der Waals surface area (Å²) in [5.74, 6) is 1.07. The van der Waals surface area contributed by atoms with Crippen LogP contribution >= 0.6 is 0 Å². The van der Waals surface area contributed by atoms with Crippen molar-refractivity contribution in [1.82, 2.24) is 14.5 Å². The van der Waals surface area contributed by atoms with Crippen molar-refractivity contribution in [2.75, 3.05) is 0 Å². The van der Waals surface area contributed by atoms with Crippen LogP contribution in [0.1, 0.15) is 71.2 Å². The molecule has 6 heteroatoms. The van der Waals surface area contributed by atoms with Gasteiger partial charge in [0.25, 0.3) is 0 Å². The van der Waals surface area contributed by atoms with E-state index in [9.17, 15) is 4.21 Å². The summed E-state index contributed by atoms with van der Waals surface area (Å²) >= 11 is 0. The van der Waals surface area contributed by atoms with E-state index >= 15 is 0 Å². The third-order valence-electron chi connectivity index (χ3n) is 7.31. The van der Waals surface area contributed by atoms with E-state index < -0.39 is 15.7 Å². The number of pyridine rings is 2. The molecule has 0 aliphatic heterocycles. The number of nitrogens with zero attached hydrogens (tertiary/aromatic N) is 3. The molecule has 4 aromatic rings. The lowest BCUT2D eigenvalue weighted by Gasteiger charge is -2.28. The fraction of sp³-hybridized carbons (Fsp3) is 0.375. The summed E-state index contributed by atoms with van der Waals surface area (Å²) < 4.78 is 14.1. The van der Waals surface area contributed by atoms with Gasteiger partial charge in [-0.15, -0.1) is 0 Å². The van der Waals surface area contributed by atoms with Crippen molar-refractivity contribution in [2.45, 2.75) is 77.9 Å². The van der Waals surface area contributed by atoms with Crippen LogP contribution in [0.25, 0.3) is 5.82 Å². The lowest BCUT2D eigenvalue weighted by Crippen LogP contribution is -2.34. The van der Waals surface area contributed by atoms with E-state index in [1.807, 2.05) is 26.1 Å². The Bertz CT molecular complexity index is 1420. The van der Waals surface area contributed by atoms with Crippen LogP contribution in [0.2, 0.25) is 0 Å². The summed E-state index contributed by atoms with van der Waals surface area (Å²) in [5, 5.41) is 5.94. The second-order valence-corrected chi connectivity index (χ2v) is 12.9. The Balaban J connectivity index is 1.65. The molecule has 38 heavy (non-hydrogen) atoms. The Morgan fingerprint density at radius 2 is 1.61 bits per heavy atom. The van der Waals surface area contributed by atoms with Crippen molar-refractivity contribution in [2.24, 2.45) is 5.14 Å². The Morgan fingerprint density at radius 1 is 0.895 bits per heavy atom. The summed E-state index contributed by atoms with van der Waals surface area (Å²) in [5.41, 5.74) is 9.39. The van der Waals surface area contributed by atoms with Crippen molar-refractivity contribution in [1.29, 1.82) is 0 Å². The minimum Gasteiger partial charge on any atom is -0.303 e. The molecule has 4 rings (SSSR count). The maximum absolute atomic E-state index is 12.4. The minimum atomic E-state index is -1.44. The van der Waals surface area contributed by atoms with E-state index in [4.69, 9.17) is 10.1 Å². The number of rotatable bonds is 10. The van der Waals surface area contributed by atoms with Gasteiger partial charge in [-0.3, -0.25) is 10.1 Å². The predicted octanol–water partition coefficient (Wildman–Crippen LogP) is 6.40. The number of aromatic nitrogens is 3. The normalized spacial score (nSPS) is 13.4. The van der Waals surface area contributed by atoms with E-state index in [1.165, 1.54) is 33.6 Å². The second-order valence-electron chi connectivity index (χ2n) is 11.2. The molecule has 2 N–H and O–H groups in total. The highest BCUT2D eigenvalue weighted by Crippen LogP contribution is 2.33. The van der Waals surface area contributed by atoms with E-state index in [2.05, 4.69) is 91.8 Å². The van der Waals surface area contributed by atoms with Gasteiger partial charge in [-0.25, -0.2) is 9.19 Å². The van der Waals surface area contributed by atoms with E-state index in [0.717, 1.165) is 36.5 Å². The molecule has 3 aromatic heterocycles. The topological polar surface area (TPSA) is 73.8 Å². The van der Waals surface area contributed by atoms with Crippen LogP contribution in [0.4, 0.5) is 0 Å². The van der Waals surface area contributed by atoms with Crippen LogP contribution in [0.3, 0.4) is 0 Å². The highest BCUT2D eigenvalue weighted by Gasteiger charge is 2.29. The molecule has 0 amide bonds. The summed E-state index contributed by atoms with van der Waals surface area (Å²) in [4.78, 5) is 9.62. The first-order valence-corrected chi connectivity index (χ1v) is 14.5. The van der Waals surface area contributed by atoms with E-state index in [-0.39, 0.29) is 5.92 Å². The number of nitrogens with two attached hydrogens (primary N) is 1. The molecule has 0 bridgehead atoms. The maximum atomic E-state index is 12.4. The molecule has 0 fully saturated rings. The molecule has 1 aromatic carbocycles. The van der Waals surface area contributed by atoms with Gasteiger partial charge in [0.15, 0.2) is 0 Å². The summed E-state index contributed by atoms with van der Waals surface area (Å²) in [7, 11) is -1.44. The molecule has 0 saturated carbocycles. The van der Waals surface area contributed by atoms with Crippen LogP contribution in [0.5, 0.6) is 0 Å². The molecule has 1 unspecified atom stereocenters. The molecule has 0 aliphatic carbocycles. The van der Waals surface area contributed by atoms with Gasteiger partial charge in [-0.05, 0) is 132 Å². The molecular weight excluding hydrogens is 488 g/mol. The first-order chi connectivity index (χ1) is 18.0. The van der Waals surface area contributed by atoms with Gasteiger partial charge < -0.3 is 4.57 Å². The van der Waals surface area contributed by atoms with Gasteiger partial charge in [0.05, 0.1) is 15.7 Å². The molecule has 0 saturated heterocycles. The molecule has 200 valence electrons. The Kier molecular flexibility index (Phi) is 8.64. The quantitative estimate of drug-likeness (QED) is 0.259. The molecular formula is C32H40N4OS. The zero-order valence-electron chi connectivity index (χ0n) is 23.5. The average molecular weight is 529 g/mol. The Labute approximate surface area is 230 Å². The van der Waals surface area contributed by atoms with Crippen molar-refractivity contribution in [3.8, 4) is 5.82 Å². The summed E-state index contributed by atoms with van der Waals surface area (Å²) in [6.45, 7) is 12.4. The number of benzene rings is 1. The summed E-state index contributed by atoms with van der Waals surface area (Å²) in [6, 6.07) is 21.5. The first-order valence-electron chi connectivity index (χ1n) is 13.3. The average Bonchev–Trinajstić information content (AvgIpc) is 3.19. The smallest absolute Gasteiger partial charge is 0.137 e. The van der Waals surface area contributed by atoms with Crippen LogP contribution in [-0.4, -0.2) is 23.5 Å². The zero-order chi connectivity index (χ0) is 27.4. The van der Waals surface area contributed by atoms with Gasteiger partial charge in [-0.1, -0.05) is 24.3 Å². The van der Waals surface area contributed by atoms with Crippen LogP contribution in [0, 0.1) is 27.7 Å². The number of aryl methyl sites for hydroxylation is 6. The first kappa shape index (κ1) is 27.9. The zero-order valence-corrected chi connectivity index (χ0v) is 24.3. The highest BCUT2D eigenvalue weighted by molar-refractivity contribution is 7.84. The van der Waals surface area contributed by atoms with Crippen molar-refractivity contribution in [3.05, 3.63) is 112 Å². The second kappa shape index (κ2) is 11.7. The SMILES string of the molecule is Cc1ccnc(CCc2cccc([C@@H](Cc3cc(C)cc(-n4c(C)ccc4C)n3)CC(C)(C)S(N)=O)c2)c1. The van der Waals surface area contributed by atoms with Crippen molar-refractivity contribution in [3.63, 3.8) is 0 Å². The predicted molar refractivity (Wildman–Crippen MR) is 158 cm³/mol. The molecule has 5 nitrogen and oxygen atoms in total. The monoisotopic (exact) mass is 528 g/mol. The minimum absolute atomic E-state index is 0.128. The van der Waals surface area contributed by atoms with Gasteiger partial charge in [-0.2, -0.15) is 0 Å². The Morgan fingerprint density at radius 3 is 2.29 bits per heavy atom. The lowest BCUT2D eigenvalue weighted by atomic mass is 9.85. The third kappa shape index (κ3) is 6.86. The fourth-order valence-electron chi connectivity index (χ4n) is 5.22. The largest absolute Gasteiger partial charge is 0.303 e. The molecule has 0 spiro atoms.